The van der Waals surface area contributed by atoms with Crippen LogP contribution in [-0.2, 0) is 0 Å². The minimum atomic E-state index is 0.815. The van der Waals surface area contributed by atoms with Crippen molar-refractivity contribution in [3.05, 3.63) is 0 Å². The van der Waals surface area contributed by atoms with Crippen LogP contribution < -0.4 is 0 Å². The summed E-state index contributed by atoms with van der Waals surface area (Å²) in [5.41, 5.74) is 0. The van der Waals surface area contributed by atoms with E-state index in [0.717, 1.165) is 15.2 Å². The Hall–Kier alpha value is 0.492. The van der Waals surface area contributed by atoms with Crippen LogP contribution in [0.3, 0.4) is 0 Å². The molecule has 258 valence electrons. The van der Waals surface area contributed by atoms with Gasteiger partial charge in [0.1, 0.15) is 0 Å². The standard InChI is InChI=1S/C37H77N.2C2H5.Al/c1-4-6-8-10-12-14-16-18-20-22-24-26-28-30-32-34-36-38(3)37-35-33-31-29-27-25-23-21-19-17-15-13-11-9-7-5-2;2*1-2;/h4-37H2,1-3H3;2*1H2,2H3;/q;;;+1. The van der Waals surface area contributed by atoms with Gasteiger partial charge in [0, 0.05) is 0 Å². The number of unbranched alkanes of at least 4 members (excludes halogenated alkanes) is 30. The van der Waals surface area contributed by atoms with Gasteiger partial charge in [0.15, 0.2) is 0 Å². The predicted octanol–water partition coefficient (Wildman–Crippen LogP) is 15.0. The quantitative estimate of drug-likeness (QED) is 0.0497. The van der Waals surface area contributed by atoms with E-state index in [-0.39, 0.29) is 0 Å². The number of hydrogen-bond acceptors (Lipinski definition) is 1. The first-order valence-electron chi connectivity index (χ1n) is 20.7. The molecule has 0 aromatic carbocycles. The Morgan fingerprint density at radius 1 is 0.279 bits per heavy atom. The van der Waals surface area contributed by atoms with E-state index >= 15 is 0 Å². The van der Waals surface area contributed by atoms with Crippen LogP contribution in [0.2, 0.25) is 10.6 Å². The molecule has 0 heterocycles. The van der Waals surface area contributed by atoms with E-state index in [0.29, 0.717) is 0 Å². The molecular formula is C41H87AlN+. The van der Waals surface area contributed by atoms with Crippen LogP contribution in [0.1, 0.15) is 233 Å². The second-order valence-electron chi connectivity index (χ2n) is 14.0. The van der Waals surface area contributed by atoms with E-state index in [4.69, 9.17) is 0 Å². The molecule has 0 radical (unpaired) electrons. The van der Waals surface area contributed by atoms with Gasteiger partial charge in [0.25, 0.3) is 0 Å². The van der Waals surface area contributed by atoms with Crippen molar-refractivity contribution in [3.63, 3.8) is 0 Å². The van der Waals surface area contributed by atoms with E-state index in [9.17, 15) is 0 Å². The van der Waals surface area contributed by atoms with Gasteiger partial charge in [0.05, 0.1) is 0 Å². The Labute approximate surface area is 283 Å². The van der Waals surface area contributed by atoms with Crippen molar-refractivity contribution in [3.8, 4) is 0 Å². The van der Waals surface area contributed by atoms with Crippen LogP contribution in [0.4, 0.5) is 0 Å². The van der Waals surface area contributed by atoms with Gasteiger partial charge < -0.3 is 4.90 Å². The Bertz CT molecular complexity index is 401. The first-order valence-corrected chi connectivity index (χ1v) is 22.4. The molecule has 0 N–H and O–H groups in total. The van der Waals surface area contributed by atoms with Crippen LogP contribution in [0, 0.1) is 0 Å². The van der Waals surface area contributed by atoms with Gasteiger partial charge in [-0.1, -0.05) is 206 Å². The summed E-state index contributed by atoms with van der Waals surface area (Å²) >= 11 is 0.815. The molecule has 0 bridgehead atoms. The fourth-order valence-electron chi connectivity index (χ4n) is 6.26. The SMILES string of the molecule is CCCCCCCCCCCCCCCCCCN(C)CCCCCCCCCCCCCCCCCC.C[CH2][Al+][CH2]C. The van der Waals surface area contributed by atoms with E-state index in [1.165, 1.54) is 229 Å². The number of rotatable bonds is 36. The topological polar surface area (TPSA) is 3.24 Å². The average Bonchev–Trinajstić information content (AvgIpc) is 3.01. The zero-order valence-corrected chi connectivity index (χ0v) is 32.6. The van der Waals surface area contributed by atoms with Gasteiger partial charge in [-0.25, -0.2) is 0 Å². The summed E-state index contributed by atoms with van der Waals surface area (Å²) in [6.07, 6.45) is 46.8. The molecule has 1 nitrogen and oxygen atoms in total. The van der Waals surface area contributed by atoms with Crippen LogP contribution in [-0.4, -0.2) is 40.3 Å². The van der Waals surface area contributed by atoms with E-state index in [2.05, 4.69) is 39.6 Å². The molecule has 0 amide bonds. The van der Waals surface area contributed by atoms with E-state index < -0.39 is 0 Å². The third-order valence-corrected chi connectivity index (χ3v) is 10.5. The second-order valence-corrected chi connectivity index (χ2v) is 16.2. The minimum absolute atomic E-state index is 0.815. The zero-order valence-electron chi connectivity index (χ0n) is 31.5. The molecule has 0 fully saturated rings. The summed E-state index contributed by atoms with van der Waals surface area (Å²) in [6, 6.07) is 0. The monoisotopic (exact) mass is 621 g/mol. The van der Waals surface area contributed by atoms with Crippen molar-refractivity contribution in [2.24, 2.45) is 0 Å². The summed E-state index contributed by atoms with van der Waals surface area (Å²) in [5.74, 6) is 0. The number of nitrogens with zero attached hydrogens (tertiary/aromatic N) is 1. The van der Waals surface area contributed by atoms with Crippen molar-refractivity contribution in [1.29, 1.82) is 0 Å². The maximum absolute atomic E-state index is 2.59. The van der Waals surface area contributed by atoms with Gasteiger partial charge in [-0.3, -0.25) is 0 Å². The first kappa shape index (κ1) is 45.6. The normalized spacial score (nSPS) is 11.1. The van der Waals surface area contributed by atoms with Crippen molar-refractivity contribution < 1.29 is 0 Å². The Balaban J connectivity index is 0. The molecule has 0 aromatic heterocycles. The zero-order chi connectivity index (χ0) is 31.7. The van der Waals surface area contributed by atoms with Gasteiger partial charge in [-0.05, 0) is 33.0 Å². The first-order chi connectivity index (χ1) is 21.2. The van der Waals surface area contributed by atoms with Crippen LogP contribution >= 0.6 is 0 Å². The third kappa shape index (κ3) is 47.0. The Morgan fingerprint density at radius 2 is 0.465 bits per heavy atom. The van der Waals surface area contributed by atoms with Gasteiger partial charge in [-0.2, -0.15) is 0 Å². The van der Waals surface area contributed by atoms with Crippen molar-refractivity contribution in [2.45, 2.75) is 244 Å². The van der Waals surface area contributed by atoms with Crippen molar-refractivity contribution in [2.75, 3.05) is 20.1 Å². The molecule has 0 aliphatic heterocycles. The number of hydrogen-bond donors (Lipinski definition) is 0. The summed E-state index contributed by atoms with van der Waals surface area (Å²) in [5, 5.41) is 2.85. The van der Waals surface area contributed by atoms with Crippen LogP contribution in [0.5, 0.6) is 0 Å². The van der Waals surface area contributed by atoms with Gasteiger partial charge in [-0.15, -0.1) is 0 Å². The molecule has 43 heavy (non-hydrogen) atoms. The molecular weight excluding hydrogens is 533 g/mol. The maximum atomic E-state index is 2.59. The molecule has 0 saturated carbocycles. The van der Waals surface area contributed by atoms with Crippen LogP contribution in [0.25, 0.3) is 0 Å². The average molecular weight is 621 g/mol. The molecule has 0 saturated heterocycles. The van der Waals surface area contributed by atoms with E-state index in [1.807, 2.05) is 0 Å². The van der Waals surface area contributed by atoms with E-state index in [1.54, 1.807) is 0 Å². The second kappa shape index (κ2) is 44.6. The fourth-order valence-corrected chi connectivity index (χ4v) is 6.84. The fraction of sp³-hybridized carbons (Fsp3) is 1.00. The molecule has 0 rings (SSSR count). The Kier molecular flexibility index (Phi) is 47.3. The van der Waals surface area contributed by atoms with Gasteiger partial charge >= 0.3 is 39.6 Å². The molecule has 0 spiro atoms. The molecule has 0 aliphatic carbocycles. The molecule has 0 aromatic rings. The Morgan fingerprint density at radius 3 is 0.628 bits per heavy atom. The molecule has 0 aliphatic rings. The molecule has 0 atom stereocenters. The summed E-state index contributed by atoms with van der Waals surface area (Å²) in [4.78, 5) is 2.59. The summed E-state index contributed by atoms with van der Waals surface area (Å²) in [7, 11) is 2.34. The molecule has 2 heteroatoms. The summed E-state index contributed by atoms with van der Waals surface area (Å²) in [6.45, 7) is 11.7. The van der Waals surface area contributed by atoms with Crippen LogP contribution in [0.15, 0.2) is 0 Å². The predicted molar refractivity (Wildman–Crippen MR) is 203 cm³/mol. The van der Waals surface area contributed by atoms with Gasteiger partial charge in [0.2, 0.25) is 0 Å². The summed E-state index contributed by atoms with van der Waals surface area (Å²) < 4.78 is 0. The molecule has 0 unspecified atom stereocenters. The van der Waals surface area contributed by atoms with Crippen molar-refractivity contribution >= 4 is 15.2 Å². The third-order valence-electron chi connectivity index (χ3n) is 9.36. The van der Waals surface area contributed by atoms with Crippen molar-refractivity contribution in [1.82, 2.24) is 4.90 Å².